The Morgan fingerprint density at radius 2 is 1.65 bits per heavy atom. The summed E-state index contributed by atoms with van der Waals surface area (Å²) in [7, 11) is 0. The summed E-state index contributed by atoms with van der Waals surface area (Å²) in [6.45, 7) is 5.72. The van der Waals surface area contributed by atoms with Crippen molar-refractivity contribution in [1.29, 1.82) is 0 Å². The van der Waals surface area contributed by atoms with Crippen molar-refractivity contribution in [3.63, 3.8) is 0 Å². The van der Waals surface area contributed by atoms with E-state index < -0.39 is 0 Å². The van der Waals surface area contributed by atoms with E-state index in [1.165, 1.54) is 0 Å². The Morgan fingerprint density at radius 3 is 2.31 bits per heavy atom. The Bertz CT molecular complexity index is 758. The minimum Gasteiger partial charge on any atom is -0.347 e. The summed E-state index contributed by atoms with van der Waals surface area (Å²) in [5, 5.41) is 3.39. The molecule has 0 aliphatic carbocycles. The van der Waals surface area contributed by atoms with Crippen molar-refractivity contribution in [1.82, 2.24) is 15.2 Å². The number of hydrogen-bond acceptors (Lipinski definition) is 3. The minimum atomic E-state index is -0.336. The van der Waals surface area contributed by atoms with Crippen LogP contribution in [0.5, 0.6) is 0 Å². The Morgan fingerprint density at radius 1 is 1.00 bits per heavy atom. The summed E-state index contributed by atoms with van der Waals surface area (Å²) in [5.41, 5.74) is 1.33. The van der Waals surface area contributed by atoms with E-state index in [0.717, 1.165) is 18.4 Å². The SMILES string of the molecule is CCCN(CCC)C(=O)c1cccc(C(=O)NCc2ccccc2Cl)n1. The lowest BCUT2D eigenvalue weighted by molar-refractivity contribution is 0.0749. The highest BCUT2D eigenvalue weighted by atomic mass is 35.5. The standard InChI is InChI=1S/C20H24ClN3O2/c1-3-12-24(13-4-2)20(26)18-11-7-10-17(23-18)19(25)22-14-15-8-5-6-9-16(15)21/h5-11H,3-4,12-14H2,1-2H3,(H,22,25). The molecule has 1 heterocycles. The smallest absolute Gasteiger partial charge is 0.272 e. The van der Waals surface area contributed by atoms with Crippen LogP contribution in [0.25, 0.3) is 0 Å². The molecule has 2 aromatic rings. The third kappa shape index (κ3) is 5.30. The van der Waals surface area contributed by atoms with Crippen molar-refractivity contribution in [3.8, 4) is 0 Å². The van der Waals surface area contributed by atoms with Crippen molar-refractivity contribution in [3.05, 3.63) is 64.4 Å². The minimum absolute atomic E-state index is 0.144. The number of nitrogens with one attached hydrogen (secondary N) is 1. The zero-order valence-electron chi connectivity index (χ0n) is 15.2. The molecule has 0 fully saturated rings. The van der Waals surface area contributed by atoms with Gasteiger partial charge in [0.05, 0.1) is 0 Å². The van der Waals surface area contributed by atoms with Gasteiger partial charge in [-0.1, -0.05) is 49.7 Å². The fraction of sp³-hybridized carbons (Fsp3) is 0.350. The molecule has 26 heavy (non-hydrogen) atoms. The van der Waals surface area contributed by atoms with E-state index in [2.05, 4.69) is 10.3 Å². The Hall–Kier alpha value is -2.40. The van der Waals surface area contributed by atoms with Gasteiger partial charge in [0.15, 0.2) is 0 Å². The molecule has 0 saturated carbocycles. The Balaban J connectivity index is 2.08. The van der Waals surface area contributed by atoms with Crippen molar-refractivity contribution < 1.29 is 9.59 Å². The molecule has 2 rings (SSSR count). The van der Waals surface area contributed by atoms with E-state index in [1.807, 2.05) is 32.0 Å². The van der Waals surface area contributed by atoms with Crippen LogP contribution in [0.1, 0.15) is 53.2 Å². The number of amides is 2. The van der Waals surface area contributed by atoms with Gasteiger partial charge in [0.25, 0.3) is 11.8 Å². The number of halogens is 1. The zero-order valence-corrected chi connectivity index (χ0v) is 15.9. The molecule has 1 N–H and O–H groups in total. The van der Waals surface area contributed by atoms with Crippen LogP contribution in [0.2, 0.25) is 5.02 Å². The highest BCUT2D eigenvalue weighted by molar-refractivity contribution is 6.31. The van der Waals surface area contributed by atoms with Gasteiger partial charge in [-0.15, -0.1) is 0 Å². The largest absolute Gasteiger partial charge is 0.347 e. The lowest BCUT2D eigenvalue weighted by Gasteiger charge is -2.21. The van der Waals surface area contributed by atoms with Crippen molar-refractivity contribution >= 4 is 23.4 Å². The third-order valence-electron chi connectivity index (χ3n) is 3.87. The van der Waals surface area contributed by atoms with Crippen LogP contribution in [0, 0.1) is 0 Å². The van der Waals surface area contributed by atoms with Crippen LogP contribution < -0.4 is 5.32 Å². The van der Waals surface area contributed by atoms with Gasteiger partial charge >= 0.3 is 0 Å². The van der Waals surface area contributed by atoms with E-state index in [9.17, 15) is 9.59 Å². The van der Waals surface area contributed by atoms with E-state index in [1.54, 1.807) is 29.2 Å². The summed E-state index contributed by atoms with van der Waals surface area (Å²) in [4.78, 5) is 31.0. The highest BCUT2D eigenvalue weighted by Gasteiger charge is 2.17. The van der Waals surface area contributed by atoms with Crippen molar-refractivity contribution in [2.45, 2.75) is 33.2 Å². The fourth-order valence-corrected chi connectivity index (χ4v) is 2.81. The maximum atomic E-state index is 12.6. The van der Waals surface area contributed by atoms with Gasteiger partial charge in [-0.2, -0.15) is 0 Å². The highest BCUT2D eigenvalue weighted by Crippen LogP contribution is 2.14. The molecule has 0 saturated heterocycles. The molecular formula is C20H24ClN3O2. The van der Waals surface area contributed by atoms with Crippen molar-refractivity contribution in [2.75, 3.05) is 13.1 Å². The first kappa shape index (κ1) is 19.9. The molecule has 138 valence electrons. The lowest BCUT2D eigenvalue weighted by Crippen LogP contribution is -2.33. The third-order valence-corrected chi connectivity index (χ3v) is 4.24. The topological polar surface area (TPSA) is 62.3 Å². The predicted octanol–water partition coefficient (Wildman–Crippen LogP) is 3.93. The monoisotopic (exact) mass is 373 g/mol. The van der Waals surface area contributed by atoms with Gasteiger partial charge < -0.3 is 10.2 Å². The average molecular weight is 374 g/mol. The Kier molecular flexibility index (Phi) is 7.60. The fourth-order valence-electron chi connectivity index (χ4n) is 2.60. The molecular weight excluding hydrogens is 350 g/mol. The van der Waals surface area contributed by atoms with Crippen LogP contribution in [0.15, 0.2) is 42.5 Å². The van der Waals surface area contributed by atoms with Crippen LogP contribution in [-0.4, -0.2) is 34.8 Å². The van der Waals surface area contributed by atoms with E-state index in [-0.39, 0.29) is 23.2 Å². The molecule has 0 aliphatic rings. The van der Waals surface area contributed by atoms with Gasteiger partial charge in [0.1, 0.15) is 11.4 Å². The summed E-state index contributed by atoms with van der Waals surface area (Å²) in [6.07, 6.45) is 1.76. The molecule has 0 unspecified atom stereocenters. The molecule has 6 heteroatoms. The number of carbonyl (C=O) groups is 2. The zero-order chi connectivity index (χ0) is 18.9. The lowest BCUT2D eigenvalue weighted by atomic mass is 10.2. The van der Waals surface area contributed by atoms with Crippen LogP contribution >= 0.6 is 11.6 Å². The second-order valence-electron chi connectivity index (χ2n) is 5.97. The van der Waals surface area contributed by atoms with Crippen molar-refractivity contribution in [2.24, 2.45) is 0 Å². The summed E-state index contributed by atoms with van der Waals surface area (Å²) in [6, 6.07) is 12.2. The molecule has 2 amide bonds. The maximum absolute atomic E-state index is 12.6. The van der Waals surface area contributed by atoms with Gasteiger partial charge in [-0.25, -0.2) is 4.98 Å². The van der Waals surface area contributed by atoms with Crippen LogP contribution in [0.3, 0.4) is 0 Å². The first-order chi connectivity index (χ1) is 12.6. The quantitative estimate of drug-likeness (QED) is 0.762. The second-order valence-corrected chi connectivity index (χ2v) is 6.38. The molecule has 1 aromatic heterocycles. The second kappa shape index (κ2) is 9.92. The number of pyridine rings is 1. The van der Waals surface area contributed by atoms with E-state index in [0.29, 0.717) is 24.7 Å². The van der Waals surface area contributed by atoms with E-state index >= 15 is 0 Å². The average Bonchev–Trinajstić information content (AvgIpc) is 2.66. The molecule has 0 spiro atoms. The number of carbonyl (C=O) groups excluding carboxylic acids is 2. The number of aromatic nitrogens is 1. The number of rotatable bonds is 8. The van der Waals surface area contributed by atoms with Gasteiger partial charge in [0.2, 0.25) is 0 Å². The number of hydrogen-bond donors (Lipinski definition) is 1. The van der Waals surface area contributed by atoms with Crippen LogP contribution in [0.4, 0.5) is 0 Å². The summed E-state index contributed by atoms with van der Waals surface area (Å²) < 4.78 is 0. The number of nitrogens with zero attached hydrogens (tertiary/aromatic N) is 2. The maximum Gasteiger partial charge on any atom is 0.272 e. The summed E-state index contributed by atoms with van der Waals surface area (Å²) in [5.74, 6) is -0.480. The van der Waals surface area contributed by atoms with Gasteiger partial charge in [-0.05, 0) is 36.6 Å². The first-order valence-electron chi connectivity index (χ1n) is 8.84. The normalized spacial score (nSPS) is 10.4. The van der Waals surface area contributed by atoms with Gasteiger partial charge in [0, 0.05) is 24.7 Å². The predicted molar refractivity (Wildman–Crippen MR) is 103 cm³/mol. The molecule has 0 radical (unpaired) electrons. The molecule has 0 atom stereocenters. The number of benzene rings is 1. The molecule has 0 bridgehead atoms. The molecule has 0 aliphatic heterocycles. The molecule has 1 aromatic carbocycles. The summed E-state index contributed by atoms with van der Waals surface area (Å²) >= 11 is 6.10. The molecule has 5 nitrogen and oxygen atoms in total. The van der Waals surface area contributed by atoms with E-state index in [4.69, 9.17) is 11.6 Å². The van der Waals surface area contributed by atoms with Crippen LogP contribution in [-0.2, 0) is 6.54 Å². The first-order valence-corrected chi connectivity index (χ1v) is 9.22. The Labute approximate surface area is 159 Å². The van der Waals surface area contributed by atoms with Gasteiger partial charge in [-0.3, -0.25) is 9.59 Å².